The Morgan fingerprint density at radius 1 is 1.16 bits per heavy atom. The summed E-state index contributed by atoms with van der Waals surface area (Å²) in [6, 6.07) is 13.5. The summed E-state index contributed by atoms with van der Waals surface area (Å²) >= 11 is 1.29. The molecule has 2 aromatic carbocycles. The third kappa shape index (κ3) is 2.26. The van der Waals surface area contributed by atoms with Crippen LogP contribution < -0.4 is 4.74 Å². The number of nitrogens with zero attached hydrogens (tertiary/aromatic N) is 3. The summed E-state index contributed by atoms with van der Waals surface area (Å²) in [5, 5.41) is 9.79. The molecule has 0 bridgehead atoms. The first-order valence-corrected chi connectivity index (χ1v) is 6.55. The van der Waals surface area contributed by atoms with Crippen LogP contribution in [-0.2, 0) is 6.61 Å². The minimum absolute atomic E-state index is 0.501. The van der Waals surface area contributed by atoms with E-state index in [9.17, 15) is 0 Å². The van der Waals surface area contributed by atoms with Gasteiger partial charge in [0.15, 0.2) is 9.68 Å². The van der Waals surface area contributed by atoms with E-state index in [1.54, 1.807) is 18.3 Å². The molecule has 0 aliphatic rings. The number of rotatable bonds is 3. The van der Waals surface area contributed by atoms with Gasteiger partial charge in [0.05, 0.1) is 11.6 Å². The number of ether oxygens (including phenoxy) is 1. The van der Waals surface area contributed by atoms with Gasteiger partial charge in [-0.3, -0.25) is 0 Å². The van der Waals surface area contributed by atoms with Gasteiger partial charge in [0.2, 0.25) is 5.39 Å². The van der Waals surface area contributed by atoms with Gasteiger partial charge >= 0.3 is 5.69 Å². The molecule has 0 atom stereocenters. The molecule has 92 valence electrons. The summed E-state index contributed by atoms with van der Waals surface area (Å²) in [6.45, 7) is 0.501. The lowest BCUT2D eigenvalue weighted by atomic mass is 10.2. The zero-order valence-corrected chi connectivity index (χ0v) is 10.8. The Hall–Kier alpha value is -2.45. The van der Waals surface area contributed by atoms with Crippen LogP contribution in [0.5, 0.6) is 5.75 Å². The molecule has 0 unspecified atom stereocenters. The van der Waals surface area contributed by atoms with Crippen LogP contribution in [0, 0.1) is 5.39 Å². The largest absolute Gasteiger partial charge is 0.488 e. The van der Waals surface area contributed by atoms with Crippen LogP contribution in [0.15, 0.2) is 48.7 Å². The molecule has 0 fully saturated rings. The maximum absolute atomic E-state index is 8.92. The Bertz CT molecular complexity index is 746. The summed E-state index contributed by atoms with van der Waals surface area (Å²) in [5.74, 6) is 0.750. The minimum Gasteiger partial charge on any atom is -0.488 e. The molecule has 0 aliphatic carbocycles. The molecule has 0 aliphatic heterocycles. The summed E-state index contributed by atoms with van der Waals surface area (Å²) in [5.41, 5.74) is 1.62. The van der Waals surface area contributed by atoms with E-state index in [1.165, 1.54) is 11.5 Å². The van der Waals surface area contributed by atoms with Crippen molar-refractivity contribution in [2.45, 2.75) is 6.61 Å². The molecule has 3 rings (SSSR count). The first-order valence-electron chi connectivity index (χ1n) is 5.77. The highest BCUT2D eigenvalue weighted by atomic mass is 32.1. The quantitative estimate of drug-likeness (QED) is 0.663. The predicted octanol–water partition coefficient (Wildman–Crippen LogP) is 4.36. The smallest absolute Gasteiger partial charge is 0.404 e. The lowest BCUT2D eigenvalue weighted by molar-refractivity contribution is 0.310. The first-order chi connectivity index (χ1) is 9.38. The van der Waals surface area contributed by atoms with Gasteiger partial charge in [-0.15, -0.1) is 0 Å². The number of aromatic nitrogens is 1. The van der Waals surface area contributed by atoms with E-state index < -0.39 is 0 Å². The van der Waals surface area contributed by atoms with Gasteiger partial charge in [0.25, 0.3) is 0 Å². The minimum atomic E-state index is 0.501. The highest BCUT2D eigenvalue weighted by Gasteiger charge is 2.17. The molecule has 0 amide bonds. The number of fused-ring (bicyclic) bond motifs is 1. The number of hydrogen-bond donors (Lipinski definition) is 0. The van der Waals surface area contributed by atoms with Gasteiger partial charge in [-0.1, -0.05) is 30.3 Å². The zero-order valence-electron chi connectivity index (χ0n) is 9.98. The standard InChI is InChI=1S/C14H10N3OS/c15-17-12-6-7-13(11-8-16-19-14(11)12)18-9-10-4-2-1-3-5-10/h1-8H,9H2/q+1. The van der Waals surface area contributed by atoms with E-state index in [2.05, 4.69) is 9.35 Å². The molecule has 5 heteroatoms. The zero-order chi connectivity index (χ0) is 13.1. The molecular formula is C14H10N3OS+. The molecule has 4 nitrogen and oxygen atoms in total. The van der Waals surface area contributed by atoms with Crippen molar-refractivity contribution in [2.24, 2.45) is 0 Å². The second-order valence-electron chi connectivity index (χ2n) is 4.03. The maximum Gasteiger partial charge on any atom is 0.404 e. The highest BCUT2D eigenvalue weighted by molar-refractivity contribution is 7.14. The van der Waals surface area contributed by atoms with Crippen LogP contribution in [0.2, 0.25) is 0 Å². The third-order valence-electron chi connectivity index (χ3n) is 2.81. The van der Waals surface area contributed by atoms with Crippen LogP contribution in [-0.4, -0.2) is 4.37 Å². The van der Waals surface area contributed by atoms with Crippen molar-refractivity contribution in [1.82, 2.24) is 4.37 Å². The molecule has 0 N–H and O–H groups in total. The fraction of sp³-hybridized carbons (Fsp3) is 0.0714. The second kappa shape index (κ2) is 5.04. The van der Waals surface area contributed by atoms with E-state index >= 15 is 0 Å². The van der Waals surface area contributed by atoms with Crippen molar-refractivity contribution in [3.63, 3.8) is 0 Å². The van der Waals surface area contributed by atoms with Crippen LogP contribution in [0.4, 0.5) is 5.69 Å². The predicted molar refractivity (Wildman–Crippen MR) is 75.1 cm³/mol. The SMILES string of the molecule is N#[N+]c1ccc(OCc2ccccc2)c2cnsc12. The normalized spacial score (nSPS) is 10.3. The van der Waals surface area contributed by atoms with Crippen molar-refractivity contribution < 1.29 is 4.74 Å². The second-order valence-corrected chi connectivity index (χ2v) is 4.83. The molecule has 19 heavy (non-hydrogen) atoms. The van der Waals surface area contributed by atoms with Gasteiger partial charge in [-0.25, -0.2) is 0 Å². The van der Waals surface area contributed by atoms with Crippen molar-refractivity contribution in [2.75, 3.05) is 0 Å². The number of diazo groups is 1. The molecule has 0 saturated carbocycles. The van der Waals surface area contributed by atoms with Crippen LogP contribution in [0.25, 0.3) is 15.1 Å². The average Bonchev–Trinajstić information content (AvgIpc) is 2.95. The van der Waals surface area contributed by atoms with Crippen molar-refractivity contribution in [3.8, 4) is 5.75 Å². The fourth-order valence-corrected chi connectivity index (χ4v) is 2.58. The summed E-state index contributed by atoms with van der Waals surface area (Å²) < 4.78 is 10.7. The maximum atomic E-state index is 8.92. The van der Waals surface area contributed by atoms with E-state index in [0.717, 1.165) is 21.4 Å². The summed E-state index contributed by atoms with van der Waals surface area (Å²) in [4.78, 5) is 3.25. The van der Waals surface area contributed by atoms with Gasteiger partial charge in [-0.2, -0.15) is 4.37 Å². The molecule has 1 heterocycles. The molecular weight excluding hydrogens is 258 g/mol. The monoisotopic (exact) mass is 268 g/mol. The molecule has 3 aromatic rings. The average molecular weight is 268 g/mol. The lowest BCUT2D eigenvalue weighted by Crippen LogP contribution is -1.94. The summed E-state index contributed by atoms with van der Waals surface area (Å²) in [7, 11) is 0. The molecule has 0 saturated heterocycles. The number of benzene rings is 2. The highest BCUT2D eigenvalue weighted by Crippen LogP contribution is 2.36. The van der Waals surface area contributed by atoms with E-state index in [1.807, 2.05) is 30.3 Å². The Labute approximate surface area is 114 Å². The Kier molecular flexibility index (Phi) is 3.09. The first kappa shape index (κ1) is 11.6. The topological polar surface area (TPSA) is 50.3 Å². The fourth-order valence-electron chi connectivity index (χ4n) is 1.86. The Morgan fingerprint density at radius 3 is 2.79 bits per heavy atom. The van der Waals surface area contributed by atoms with Gasteiger partial charge in [0, 0.05) is 6.07 Å². The van der Waals surface area contributed by atoms with Crippen LogP contribution in [0.3, 0.4) is 0 Å². The Morgan fingerprint density at radius 2 is 2.00 bits per heavy atom. The summed E-state index contributed by atoms with van der Waals surface area (Å²) in [6.07, 6.45) is 1.73. The van der Waals surface area contributed by atoms with E-state index in [-0.39, 0.29) is 0 Å². The van der Waals surface area contributed by atoms with Crippen molar-refractivity contribution in [3.05, 3.63) is 59.2 Å². The van der Waals surface area contributed by atoms with Crippen LogP contribution >= 0.6 is 11.5 Å². The van der Waals surface area contributed by atoms with Gasteiger partial charge in [-0.05, 0) is 23.2 Å². The van der Waals surface area contributed by atoms with E-state index in [0.29, 0.717) is 12.3 Å². The lowest BCUT2D eigenvalue weighted by Gasteiger charge is -2.06. The van der Waals surface area contributed by atoms with Crippen LogP contribution in [0.1, 0.15) is 5.56 Å². The van der Waals surface area contributed by atoms with Gasteiger partial charge in [0.1, 0.15) is 12.4 Å². The molecule has 0 spiro atoms. The van der Waals surface area contributed by atoms with Crippen molar-refractivity contribution >= 4 is 27.3 Å². The van der Waals surface area contributed by atoms with E-state index in [4.69, 9.17) is 10.1 Å². The third-order valence-corrected chi connectivity index (χ3v) is 3.63. The number of hydrogen-bond acceptors (Lipinski definition) is 4. The van der Waals surface area contributed by atoms with Crippen molar-refractivity contribution in [1.29, 1.82) is 5.39 Å². The molecule has 0 radical (unpaired) electrons. The molecule has 1 aromatic heterocycles. The van der Waals surface area contributed by atoms with Gasteiger partial charge < -0.3 is 4.74 Å². The Balaban J connectivity index is 1.90.